The molecular weight excluding hydrogens is 420 g/mol. The number of benzene rings is 2. The van der Waals surface area contributed by atoms with Crippen LogP contribution >= 0.6 is 11.6 Å². The Bertz CT molecular complexity index is 907. The maximum atomic E-state index is 13.0. The van der Waals surface area contributed by atoms with E-state index in [1.807, 2.05) is 23.1 Å². The number of phenols is 1. The molecule has 8 nitrogen and oxygen atoms in total. The molecule has 9 heteroatoms. The molecule has 0 fully saturated rings. The molecule has 1 heterocycles. The van der Waals surface area contributed by atoms with E-state index < -0.39 is 12.2 Å². The first-order chi connectivity index (χ1) is 15.0. The Hall–Kier alpha value is -2.81. The molecular formula is C22H27ClN4O4. The number of aromatic hydroxyl groups is 1. The molecule has 0 bridgehead atoms. The lowest BCUT2D eigenvalue weighted by atomic mass is 10.1. The Kier molecular flexibility index (Phi) is 8.11. The maximum Gasteiger partial charge on any atom is 0.290 e. The van der Waals surface area contributed by atoms with E-state index in [1.165, 1.54) is 0 Å². The maximum absolute atomic E-state index is 13.0. The van der Waals surface area contributed by atoms with Gasteiger partial charge in [-0.05, 0) is 48.9 Å². The fourth-order valence-electron chi connectivity index (χ4n) is 3.32. The van der Waals surface area contributed by atoms with Crippen LogP contribution in [-0.4, -0.2) is 59.4 Å². The minimum Gasteiger partial charge on any atom is -0.508 e. The molecule has 0 saturated carbocycles. The monoisotopic (exact) mass is 446 g/mol. The lowest BCUT2D eigenvalue weighted by molar-refractivity contribution is -0.125. The quantitative estimate of drug-likeness (QED) is 0.438. The molecule has 2 unspecified atom stereocenters. The molecule has 1 aliphatic heterocycles. The minimum atomic E-state index is -0.626. The van der Waals surface area contributed by atoms with Crippen molar-refractivity contribution in [3.8, 4) is 5.75 Å². The molecule has 4 N–H and O–H groups in total. The van der Waals surface area contributed by atoms with Crippen LogP contribution in [0.1, 0.15) is 17.5 Å². The fraction of sp³-hybridized carbons (Fsp3) is 0.364. The molecule has 1 aliphatic rings. The summed E-state index contributed by atoms with van der Waals surface area (Å²) >= 11 is 6.01. The van der Waals surface area contributed by atoms with Crippen LogP contribution in [0.2, 0.25) is 5.02 Å². The summed E-state index contributed by atoms with van der Waals surface area (Å²) in [6.07, 6.45) is -0.0257. The number of hydrogen-bond donors (Lipinski definition) is 4. The molecule has 2 aromatic rings. The normalized spacial score (nSPS) is 18.0. The van der Waals surface area contributed by atoms with E-state index in [2.05, 4.69) is 15.6 Å². The van der Waals surface area contributed by atoms with Gasteiger partial charge in [0.05, 0.1) is 0 Å². The minimum absolute atomic E-state index is 0.00364. The van der Waals surface area contributed by atoms with Gasteiger partial charge in [-0.3, -0.25) is 10.1 Å². The number of likely N-dealkylation sites (N-methyl/N-ethyl adjacent to an activating group) is 1. The second-order valence-corrected chi connectivity index (χ2v) is 7.61. The van der Waals surface area contributed by atoms with Crippen molar-refractivity contribution in [1.29, 1.82) is 0 Å². The van der Waals surface area contributed by atoms with Gasteiger partial charge in [0.25, 0.3) is 6.02 Å². The van der Waals surface area contributed by atoms with Crippen molar-refractivity contribution in [3.05, 3.63) is 64.7 Å². The predicted octanol–water partition coefficient (Wildman–Crippen LogP) is 1.85. The zero-order valence-electron chi connectivity index (χ0n) is 17.3. The van der Waals surface area contributed by atoms with Gasteiger partial charge in [-0.1, -0.05) is 35.9 Å². The average Bonchev–Trinajstić information content (AvgIpc) is 3.11. The Morgan fingerprint density at radius 3 is 2.68 bits per heavy atom. The van der Waals surface area contributed by atoms with Crippen molar-refractivity contribution in [1.82, 2.24) is 15.5 Å². The second kappa shape index (κ2) is 11.0. The number of halogens is 1. The van der Waals surface area contributed by atoms with Gasteiger partial charge < -0.3 is 25.2 Å². The van der Waals surface area contributed by atoms with E-state index in [1.54, 1.807) is 37.4 Å². The molecule has 166 valence electrons. The van der Waals surface area contributed by atoms with Crippen LogP contribution in [-0.2, 0) is 22.7 Å². The largest absolute Gasteiger partial charge is 0.508 e. The summed E-state index contributed by atoms with van der Waals surface area (Å²) in [4.78, 5) is 19.3. The highest BCUT2D eigenvalue weighted by molar-refractivity contribution is 6.30. The number of rotatable bonds is 9. The Morgan fingerprint density at radius 1 is 1.23 bits per heavy atom. The summed E-state index contributed by atoms with van der Waals surface area (Å²) in [7, 11) is 1.74. The summed E-state index contributed by atoms with van der Waals surface area (Å²) in [6, 6.07) is 13.9. The molecule has 0 radical (unpaired) electrons. The molecule has 1 amide bonds. The summed E-state index contributed by atoms with van der Waals surface area (Å²) in [5.74, 6) is -0.0526. The van der Waals surface area contributed by atoms with Gasteiger partial charge in [-0.25, -0.2) is 4.99 Å². The smallest absolute Gasteiger partial charge is 0.290 e. The number of nitrogens with one attached hydrogen (secondary N) is 2. The van der Waals surface area contributed by atoms with Gasteiger partial charge in [-0.2, -0.15) is 0 Å². The number of hydrogen-bond acceptors (Lipinski definition) is 7. The van der Waals surface area contributed by atoms with Gasteiger partial charge >= 0.3 is 0 Å². The average molecular weight is 447 g/mol. The van der Waals surface area contributed by atoms with Gasteiger partial charge in [0.15, 0.2) is 0 Å². The highest BCUT2D eigenvalue weighted by atomic mass is 35.5. The number of nitrogens with zero attached hydrogens (tertiary/aromatic N) is 2. The molecule has 0 aromatic heterocycles. The van der Waals surface area contributed by atoms with Crippen molar-refractivity contribution < 1.29 is 19.7 Å². The van der Waals surface area contributed by atoms with Gasteiger partial charge in [0.2, 0.25) is 5.91 Å². The molecule has 31 heavy (non-hydrogen) atoms. The Morgan fingerprint density at radius 2 is 2.00 bits per heavy atom. The Labute approximate surface area is 186 Å². The van der Waals surface area contributed by atoms with E-state index in [4.69, 9.17) is 21.4 Å². The van der Waals surface area contributed by atoms with E-state index in [9.17, 15) is 9.90 Å². The number of aliphatic imine (C=N–C) groups is 1. The molecule has 0 aliphatic carbocycles. The van der Waals surface area contributed by atoms with Crippen LogP contribution < -0.4 is 10.6 Å². The van der Waals surface area contributed by atoms with E-state index in [0.717, 1.165) is 11.1 Å². The van der Waals surface area contributed by atoms with E-state index >= 15 is 0 Å². The lowest BCUT2D eigenvalue weighted by Crippen LogP contribution is -2.53. The molecule has 0 saturated heterocycles. The fourth-order valence-corrected chi connectivity index (χ4v) is 3.45. The van der Waals surface area contributed by atoms with E-state index in [0.29, 0.717) is 30.6 Å². The first-order valence-corrected chi connectivity index (χ1v) is 10.4. The predicted molar refractivity (Wildman–Crippen MR) is 119 cm³/mol. The zero-order valence-corrected chi connectivity index (χ0v) is 18.0. The molecule has 3 rings (SSSR count). The number of carbonyl (C=O) groups is 1. The van der Waals surface area contributed by atoms with Crippen LogP contribution in [0.15, 0.2) is 53.5 Å². The SMILES string of the molecule is CNC1N=C(OCc2cccc(O)c2)N(Cc2ccc(Cl)cc2)C1C(=O)NCCCO. The summed E-state index contributed by atoms with van der Waals surface area (Å²) in [6.45, 7) is 0.964. The number of ether oxygens (including phenoxy) is 1. The highest BCUT2D eigenvalue weighted by Gasteiger charge is 2.41. The molecule has 2 atom stereocenters. The third-order valence-electron chi connectivity index (χ3n) is 4.87. The zero-order chi connectivity index (χ0) is 22.2. The first-order valence-electron chi connectivity index (χ1n) is 10.1. The number of amides is 1. The van der Waals surface area contributed by atoms with Crippen LogP contribution in [0.5, 0.6) is 5.75 Å². The third-order valence-corrected chi connectivity index (χ3v) is 5.13. The number of aliphatic hydroxyl groups excluding tert-OH is 1. The van der Waals surface area contributed by atoms with Gasteiger partial charge in [0, 0.05) is 24.7 Å². The molecule has 0 spiro atoms. The second-order valence-electron chi connectivity index (χ2n) is 7.17. The molecule has 2 aromatic carbocycles. The number of aliphatic hydroxyl groups is 1. The van der Waals surface area contributed by atoms with Crippen LogP contribution in [0.25, 0.3) is 0 Å². The number of phenolic OH excluding ortho intramolecular Hbond substituents is 1. The standard InChI is InChI=1S/C22H27ClN4O4/c1-24-20-19(21(30)25-10-3-11-28)27(13-15-6-8-17(23)9-7-15)22(26-20)31-14-16-4-2-5-18(29)12-16/h2,4-9,12,19-20,24,28-29H,3,10-11,13-14H2,1H3,(H,25,30). The van der Waals surface area contributed by atoms with E-state index in [-0.39, 0.29) is 24.9 Å². The summed E-state index contributed by atoms with van der Waals surface area (Å²) < 4.78 is 5.97. The van der Waals surface area contributed by atoms with Crippen molar-refractivity contribution in [2.75, 3.05) is 20.2 Å². The van der Waals surface area contributed by atoms with Crippen molar-refractivity contribution in [2.24, 2.45) is 4.99 Å². The summed E-state index contributed by atoms with van der Waals surface area (Å²) in [5.41, 5.74) is 1.73. The summed E-state index contributed by atoms with van der Waals surface area (Å²) in [5, 5.41) is 25.2. The Balaban J connectivity index is 1.81. The highest BCUT2D eigenvalue weighted by Crippen LogP contribution is 2.23. The third kappa shape index (κ3) is 6.10. The number of amidine groups is 1. The topological polar surface area (TPSA) is 106 Å². The van der Waals surface area contributed by atoms with Crippen LogP contribution in [0, 0.1) is 0 Å². The van der Waals surface area contributed by atoms with Crippen molar-refractivity contribution >= 4 is 23.5 Å². The number of carbonyl (C=O) groups excluding carboxylic acids is 1. The lowest BCUT2D eigenvalue weighted by Gasteiger charge is -2.29. The van der Waals surface area contributed by atoms with Gasteiger partial charge in [0.1, 0.15) is 24.6 Å². The van der Waals surface area contributed by atoms with Crippen LogP contribution in [0.4, 0.5) is 0 Å². The van der Waals surface area contributed by atoms with Crippen molar-refractivity contribution in [3.63, 3.8) is 0 Å². The van der Waals surface area contributed by atoms with Crippen LogP contribution in [0.3, 0.4) is 0 Å². The van der Waals surface area contributed by atoms with Gasteiger partial charge in [-0.15, -0.1) is 0 Å². The first kappa shape index (κ1) is 22.9. The van der Waals surface area contributed by atoms with Crippen molar-refractivity contribution in [2.45, 2.75) is 31.8 Å².